The molecule has 1 unspecified atom stereocenters. The number of sulfonamides is 1. The van der Waals surface area contributed by atoms with Gasteiger partial charge >= 0.3 is 0 Å². The summed E-state index contributed by atoms with van der Waals surface area (Å²) in [4.78, 5) is 3.58. The Bertz CT molecular complexity index is 737. The molecule has 1 atom stereocenters. The van der Waals surface area contributed by atoms with E-state index in [1.807, 2.05) is 6.07 Å². The fourth-order valence-corrected chi connectivity index (χ4v) is 3.41. The smallest absolute Gasteiger partial charge is 0.241 e. The van der Waals surface area contributed by atoms with Gasteiger partial charge in [0, 0.05) is 17.3 Å². The number of aromatic nitrogens is 1. The number of halogens is 2. The Morgan fingerprint density at radius 2 is 2.10 bits per heavy atom. The fourth-order valence-electron chi connectivity index (χ4n) is 1.95. The van der Waals surface area contributed by atoms with Crippen LogP contribution in [-0.4, -0.2) is 19.4 Å². The zero-order chi connectivity index (χ0) is 15.5. The van der Waals surface area contributed by atoms with Crippen LogP contribution >= 0.6 is 11.6 Å². The number of pyridine rings is 1. The lowest BCUT2D eigenvalue weighted by atomic mass is 10.1. The van der Waals surface area contributed by atoms with Gasteiger partial charge < -0.3 is 0 Å². The van der Waals surface area contributed by atoms with Crippen LogP contribution in [0.25, 0.3) is 0 Å². The summed E-state index contributed by atoms with van der Waals surface area (Å²) in [5.74, 6) is -0.875. The van der Waals surface area contributed by atoms with E-state index in [-0.39, 0.29) is 0 Å². The van der Waals surface area contributed by atoms with Crippen molar-refractivity contribution < 1.29 is 12.8 Å². The predicted molar refractivity (Wildman–Crippen MR) is 79.1 cm³/mol. The summed E-state index contributed by atoms with van der Waals surface area (Å²) in [6.07, 6.45) is 1.67. The third kappa shape index (κ3) is 4.23. The average Bonchev–Trinajstić information content (AvgIpc) is 2.38. The third-order valence-electron chi connectivity index (χ3n) is 2.77. The summed E-state index contributed by atoms with van der Waals surface area (Å²) in [5, 5.41) is -0.0127. The number of nitrogens with zero attached hydrogens (tertiary/aromatic N) is 1. The number of hydrogen-bond donors (Lipinski definition) is 1. The first-order valence-electron chi connectivity index (χ1n) is 6.26. The summed E-state index contributed by atoms with van der Waals surface area (Å²) in [6, 6.07) is 9.11. The molecule has 4 nitrogen and oxygen atoms in total. The molecule has 0 saturated carbocycles. The van der Waals surface area contributed by atoms with Crippen molar-refractivity contribution in [3.63, 3.8) is 0 Å². The summed E-state index contributed by atoms with van der Waals surface area (Å²) < 4.78 is 40.1. The highest BCUT2D eigenvalue weighted by Crippen LogP contribution is 2.14. The van der Waals surface area contributed by atoms with Gasteiger partial charge in [-0.3, -0.25) is 0 Å². The van der Waals surface area contributed by atoms with Crippen molar-refractivity contribution in [1.29, 1.82) is 0 Å². The fraction of sp³-hybridized carbons (Fsp3) is 0.214. The molecular weight excluding hydrogens is 315 g/mol. The minimum Gasteiger partial charge on any atom is -0.241 e. The van der Waals surface area contributed by atoms with Gasteiger partial charge in [-0.1, -0.05) is 23.7 Å². The standard InChI is InChI=1S/C14H14ClFN2O2S/c1-10(8-11-4-2-5-12(15)9-11)18-21(19,20)14-13(16)6-3-7-17-14/h2-7,9-10,18H,8H2,1H3. The van der Waals surface area contributed by atoms with Crippen molar-refractivity contribution in [3.05, 3.63) is 59.0 Å². The van der Waals surface area contributed by atoms with Gasteiger partial charge in [0.05, 0.1) is 0 Å². The van der Waals surface area contributed by atoms with E-state index in [1.54, 1.807) is 25.1 Å². The van der Waals surface area contributed by atoms with E-state index in [2.05, 4.69) is 9.71 Å². The zero-order valence-corrected chi connectivity index (χ0v) is 12.8. The van der Waals surface area contributed by atoms with Crippen LogP contribution in [0, 0.1) is 5.82 Å². The Labute approximate surface area is 128 Å². The van der Waals surface area contributed by atoms with Crippen molar-refractivity contribution in [2.75, 3.05) is 0 Å². The highest BCUT2D eigenvalue weighted by Gasteiger charge is 2.22. The highest BCUT2D eigenvalue weighted by molar-refractivity contribution is 7.89. The maximum atomic E-state index is 13.5. The van der Waals surface area contributed by atoms with Crippen molar-refractivity contribution in [2.45, 2.75) is 24.4 Å². The number of benzene rings is 1. The molecule has 2 aromatic rings. The molecule has 0 bridgehead atoms. The molecule has 1 aromatic carbocycles. The van der Waals surface area contributed by atoms with E-state index in [1.165, 1.54) is 12.3 Å². The van der Waals surface area contributed by atoms with Crippen LogP contribution < -0.4 is 4.72 Å². The first-order chi connectivity index (χ1) is 9.88. The van der Waals surface area contributed by atoms with Gasteiger partial charge in [0.2, 0.25) is 5.03 Å². The van der Waals surface area contributed by atoms with E-state index in [9.17, 15) is 12.8 Å². The van der Waals surface area contributed by atoms with Crippen LogP contribution in [-0.2, 0) is 16.4 Å². The lowest BCUT2D eigenvalue weighted by Gasteiger charge is -2.14. The van der Waals surface area contributed by atoms with Crippen molar-refractivity contribution in [1.82, 2.24) is 9.71 Å². The Morgan fingerprint density at radius 3 is 2.76 bits per heavy atom. The summed E-state index contributed by atoms with van der Waals surface area (Å²) in [6.45, 7) is 1.69. The van der Waals surface area contributed by atoms with Crippen molar-refractivity contribution >= 4 is 21.6 Å². The third-order valence-corrected chi connectivity index (χ3v) is 4.52. The molecule has 0 radical (unpaired) electrons. The molecule has 0 aliphatic heterocycles. The molecular formula is C14H14ClFN2O2S. The second-order valence-corrected chi connectivity index (χ2v) is 6.71. The largest absolute Gasteiger partial charge is 0.261 e. The topological polar surface area (TPSA) is 59.1 Å². The zero-order valence-electron chi connectivity index (χ0n) is 11.3. The molecule has 1 aromatic heterocycles. The van der Waals surface area contributed by atoms with Crippen LogP contribution in [0.3, 0.4) is 0 Å². The molecule has 0 aliphatic rings. The van der Waals surface area contributed by atoms with Gasteiger partial charge in [-0.15, -0.1) is 0 Å². The van der Waals surface area contributed by atoms with Gasteiger partial charge in [0.25, 0.3) is 10.0 Å². The van der Waals surface area contributed by atoms with Crippen LogP contribution in [0.2, 0.25) is 5.02 Å². The van der Waals surface area contributed by atoms with Gasteiger partial charge in [0.15, 0.2) is 5.82 Å². The van der Waals surface area contributed by atoms with Crippen LogP contribution in [0.1, 0.15) is 12.5 Å². The normalized spacial score (nSPS) is 13.1. The highest BCUT2D eigenvalue weighted by atomic mass is 35.5. The van der Waals surface area contributed by atoms with Gasteiger partial charge in [-0.2, -0.15) is 0 Å². The summed E-state index contributed by atoms with van der Waals surface area (Å²) >= 11 is 5.88. The first-order valence-corrected chi connectivity index (χ1v) is 8.12. The van der Waals surface area contributed by atoms with Crippen LogP contribution in [0.4, 0.5) is 4.39 Å². The van der Waals surface area contributed by atoms with Crippen LogP contribution in [0.5, 0.6) is 0 Å². The predicted octanol–water partition coefficient (Wildman–Crippen LogP) is 2.78. The second-order valence-electron chi connectivity index (χ2n) is 4.65. The second kappa shape index (κ2) is 6.51. The number of hydrogen-bond acceptors (Lipinski definition) is 3. The molecule has 0 fully saturated rings. The molecule has 7 heteroatoms. The van der Waals surface area contributed by atoms with Gasteiger partial charge in [-0.05, 0) is 43.2 Å². The Morgan fingerprint density at radius 1 is 1.33 bits per heavy atom. The first kappa shape index (κ1) is 15.9. The average molecular weight is 329 g/mol. The Hall–Kier alpha value is -1.50. The minimum absolute atomic E-state index is 0.421. The van der Waals surface area contributed by atoms with E-state index < -0.39 is 26.9 Å². The SMILES string of the molecule is CC(Cc1cccc(Cl)c1)NS(=O)(=O)c1ncccc1F. The van der Waals surface area contributed by atoms with Gasteiger partial charge in [-0.25, -0.2) is 22.5 Å². The van der Waals surface area contributed by atoms with E-state index >= 15 is 0 Å². The lowest BCUT2D eigenvalue weighted by Crippen LogP contribution is -2.35. The quantitative estimate of drug-likeness (QED) is 0.918. The van der Waals surface area contributed by atoms with E-state index in [0.717, 1.165) is 11.6 Å². The molecule has 0 amide bonds. The summed E-state index contributed by atoms with van der Waals surface area (Å²) in [7, 11) is -3.99. The maximum Gasteiger partial charge on any atom is 0.261 e. The number of rotatable bonds is 5. The Kier molecular flexibility index (Phi) is 4.92. The Balaban J connectivity index is 2.12. The van der Waals surface area contributed by atoms with Crippen LogP contribution in [0.15, 0.2) is 47.6 Å². The number of nitrogens with one attached hydrogen (secondary N) is 1. The molecule has 1 heterocycles. The van der Waals surface area contributed by atoms with Gasteiger partial charge in [0.1, 0.15) is 0 Å². The molecule has 1 N–H and O–H groups in total. The molecule has 0 saturated heterocycles. The van der Waals surface area contributed by atoms with Crippen molar-refractivity contribution in [3.8, 4) is 0 Å². The minimum atomic E-state index is -3.99. The molecule has 2 rings (SSSR count). The maximum absolute atomic E-state index is 13.5. The summed E-state index contributed by atoms with van der Waals surface area (Å²) in [5.41, 5.74) is 0.888. The van der Waals surface area contributed by atoms with Crippen molar-refractivity contribution in [2.24, 2.45) is 0 Å². The van der Waals surface area contributed by atoms with E-state index in [0.29, 0.717) is 11.4 Å². The molecule has 0 aliphatic carbocycles. The monoisotopic (exact) mass is 328 g/mol. The molecule has 21 heavy (non-hydrogen) atoms. The lowest BCUT2D eigenvalue weighted by molar-refractivity contribution is 0.532. The van der Waals surface area contributed by atoms with E-state index in [4.69, 9.17) is 11.6 Å². The molecule has 0 spiro atoms. The molecule has 112 valence electrons.